The van der Waals surface area contributed by atoms with Gasteiger partial charge in [-0.3, -0.25) is 0 Å². The number of hydrogen-bond donors (Lipinski definition) is 0. The second kappa shape index (κ2) is 4.04. The molecule has 6 rings (SSSR count). The molecule has 0 N–H and O–H groups in total. The molecule has 0 spiro atoms. The molecule has 10 unspecified atom stereocenters. The Bertz CT molecular complexity index is 504. The topological polar surface area (TPSA) is 0 Å². The Labute approximate surface area is 144 Å². The summed E-state index contributed by atoms with van der Waals surface area (Å²) in [5.41, 5.74) is 2.91. The van der Waals surface area contributed by atoms with E-state index in [1.54, 1.807) is 38.5 Å². The van der Waals surface area contributed by atoms with Crippen molar-refractivity contribution in [3.8, 4) is 0 Å². The minimum atomic E-state index is 0.713. The van der Waals surface area contributed by atoms with E-state index in [9.17, 15) is 0 Å². The van der Waals surface area contributed by atoms with Gasteiger partial charge in [0, 0.05) is 0 Å². The van der Waals surface area contributed by atoms with Crippen LogP contribution in [0.15, 0.2) is 0 Å². The normalized spacial score (nSPS) is 69.7. The van der Waals surface area contributed by atoms with Crippen molar-refractivity contribution in [2.24, 2.45) is 57.2 Å². The maximum absolute atomic E-state index is 2.76. The van der Waals surface area contributed by atoms with Gasteiger partial charge in [0.05, 0.1) is 0 Å². The molecule has 130 valence electrons. The van der Waals surface area contributed by atoms with Crippen molar-refractivity contribution in [2.75, 3.05) is 0 Å². The Morgan fingerprint density at radius 1 is 0.652 bits per heavy atom. The van der Waals surface area contributed by atoms with E-state index in [0.717, 1.165) is 46.3 Å². The average Bonchev–Trinajstić information content (AvgIpc) is 3.28. The van der Waals surface area contributed by atoms with E-state index in [1.165, 1.54) is 6.42 Å². The largest absolute Gasteiger partial charge is 0.0683 e. The van der Waals surface area contributed by atoms with Crippen LogP contribution in [0.3, 0.4) is 0 Å². The molecule has 6 aliphatic carbocycles. The second-order valence-electron chi connectivity index (χ2n) is 11.0. The maximum Gasteiger partial charge on any atom is -0.0204 e. The molecule has 0 radical (unpaired) electrons. The molecular weight excluding hydrogens is 276 g/mol. The highest BCUT2D eigenvalue weighted by atomic mass is 14.9. The lowest BCUT2D eigenvalue weighted by Crippen LogP contribution is -2.70. The first-order chi connectivity index (χ1) is 10.9. The zero-order valence-electron chi connectivity index (χ0n) is 16.4. The molecule has 0 heterocycles. The molecule has 4 bridgehead atoms. The molecule has 0 aromatic rings. The highest BCUT2D eigenvalue weighted by Gasteiger charge is 2.86. The van der Waals surface area contributed by atoms with Crippen LogP contribution in [0.4, 0.5) is 0 Å². The summed E-state index contributed by atoms with van der Waals surface area (Å²) in [6, 6.07) is 0. The van der Waals surface area contributed by atoms with Crippen LogP contribution in [-0.2, 0) is 0 Å². The molecule has 0 aliphatic heterocycles. The summed E-state index contributed by atoms with van der Waals surface area (Å²) < 4.78 is 0. The fraction of sp³-hybridized carbons (Fsp3) is 1.00. The fourth-order valence-corrected chi connectivity index (χ4v) is 10.7. The summed E-state index contributed by atoms with van der Waals surface area (Å²) >= 11 is 0. The van der Waals surface area contributed by atoms with Gasteiger partial charge in [-0.15, -0.1) is 0 Å². The highest BCUT2D eigenvalue weighted by molar-refractivity contribution is 5.34. The Morgan fingerprint density at radius 2 is 1.09 bits per heavy atom. The third-order valence-electron chi connectivity index (χ3n) is 11.8. The van der Waals surface area contributed by atoms with Crippen LogP contribution in [0.25, 0.3) is 0 Å². The Morgan fingerprint density at radius 3 is 1.52 bits per heavy atom. The van der Waals surface area contributed by atoms with Crippen molar-refractivity contribution in [3.05, 3.63) is 0 Å². The van der Waals surface area contributed by atoms with Crippen molar-refractivity contribution >= 4 is 0 Å². The average molecular weight is 315 g/mol. The summed E-state index contributed by atoms with van der Waals surface area (Å²) in [7, 11) is 0. The van der Waals surface area contributed by atoms with E-state index in [1.807, 2.05) is 13.8 Å². The fourth-order valence-electron chi connectivity index (χ4n) is 10.7. The number of fused-ring (bicyclic) bond motifs is 15. The van der Waals surface area contributed by atoms with Gasteiger partial charge >= 0.3 is 0 Å². The highest BCUT2D eigenvalue weighted by Crippen LogP contribution is 2.92. The van der Waals surface area contributed by atoms with Crippen molar-refractivity contribution in [2.45, 2.75) is 86.5 Å². The van der Waals surface area contributed by atoms with E-state index in [4.69, 9.17) is 0 Å². The van der Waals surface area contributed by atoms with Crippen LogP contribution in [0.1, 0.15) is 86.5 Å². The van der Waals surface area contributed by atoms with Crippen molar-refractivity contribution in [1.29, 1.82) is 0 Å². The first kappa shape index (κ1) is 15.3. The maximum atomic E-state index is 2.76. The van der Waals surface area contributed by atoms with E-state index >= 15 is 0 Å². The molecule has 0 aromatic heterocycles. The van der Waals surface area contributed by atoms with Crippen molar-refractivity contribution in [3.63, 3.8) is 0 Å². The van der Waals surface area contributed by atoms with Gasteiger partial charge in [0.25, 0.3) is 0 Å². The van der Waals surface area contributed by atoms with Crippen LogP contribution in [0.2, 0.25) is 0 Å². The molecule has 10 atom stereocenters. The summed E-state index contributed by atoms with van der Waals surface area (Å²) in [6.45, 7) is 14.9. The Hall–Kier alpha value is 0. The lowest BCUT2D eigenvalue weighted by atomic mass is 9.29. The zero-order chi connectivity index (χ0) is 16.4. The lowest BCUT2D eigenvalue weighted by molar-refractivity contribution is -0.278. The predicted octanol–water partition coefficient (Wildman–Crippen LogP) is 6.55. The Balaban J connectivity index is 0.000000587. The quantitative estimate of drug-likeness (QED) is 0.445. The van der Waals surface area contributed by atoms with Crippen molar-refractivity contribution in [1.82, 2.24) is 0 Å². The monoisotopic (exact) mass is 314 g/mol. The van der Waals surface area contributed by atoms with Crippen molar-refractivity contribution < 1.29 is 0 Å². The van der Waals surface area contributed by atoms with Crippen LogP contribution in [0.5, 0.6) is 0 Å². The van der Waals surface area contributed by atoms with E-state index in [2.05, 4.69) is 27.7 Å². The van der Waals surface area contributed by atoms with E-state index in [-0.39, 0.29) is 0 Å². The van der Waals surface area contributed by atoms with Gasteiger partial charge in [-0.25, -0.2) is 0 Å². The summed E-state index contributed by atoms with van der Waals surface area (Å²) in [4.78, 5) is 0. The minimum absolute atomic E-state index is 0.713. The molecule has 0 aromatic carbocycles. The van der Waals surface area contributed by atoms with Crippen LogP contribution in [-0.4, -0.2) is 0 Å². The molecule has 6 aliphatic rings. The molecule has 0 heteroatoms. The van der Waals surface area contributed by atoms with Gasteiger partial charge in [0.1, 0.15) is 0 Å². The van der Waals surface area contributed by atoms with Gasteiger partial charge in [-0.1, -0.05) is 48.0 Å². The first-order valence-electron chi connectivity index (χ1n) is 10.9. The van der Waals surface area contributed by atoms with Gasteiger partial charge in [0.15, 0.2) is 0 Å². The summed E-state index contributed by atoms with van der Waals surface area (Å²) in [6.07, 6.45) is 11.0. The third kappa shape index (κ3) is 1.16. The summed E-state index contributed by atoms with van der Waals surface area (Å²) in [5.74, 6) is 6.64. The Kier molecular flexibility index (Phi) is 2.68. The molecule has 6 saturated carbocycles. The zero-order valence-corrected chi connectivity index (χ0v) is 16.4. The van der Waals surface area contributed by atoms with E-state index < -0.39 is 0 Å². The lowest BCUT2D eigenvalue weighted by Gasteiger charge is -2.75. The van der Waals surface area contributed by atoms with Gasteiger partial charge < -0.3 is 0 Å². The number of hydrogen-bond acceptors (Lipinski definition) is 0. The molecule has 6 fully saturated rings. The van der Waals surface area contributed by atoms with Crippen LogP contribution >= 0.6 is 0 Å². The molecule has 0 nitrogen and oxygen atoms in total. The van der Waals surface area contributed by atoms with Gasteiger partial charge in [-0.05, 0) is 95.7 Å². The van der Waals surface area contributed by atoms with Crippen LogP contribution in [0, 0.1) is 57.2 Å². The van der Waals surface area contributed by atoms with Crippen LogP contribution < -0.4 is 0 Å². The SMILES string of the molecule is CC.CC12CCCC1(C)C1CC2C2C1C1(C)C3CCC(C3)C21C. The molecule has 0 amide bonds. The molecule has 23 heavy (non-hydrogen) atoms. The van der Waals surface area contributed by atoms with Gasteiger partial charge in [-0.2, -0.15) is 0 Å². The molecule has 0 saturated heterocycles. The minimum Gasteiger partial charge on any atom is -0.0683 e. The van der Waals surface area contributed by atoms with E-state index in [0.29, 0.717) is 10.8 Å². The first-order valence-corrected chi connectivity index (χ1v) is 10.9. The predicted molar refractivity (Wildman–Crippen MR) is 97.0 cm³/mol. The standard InChI is InChI=1S/C21H32.C2H6/c1-18-8-5-9-19(18,2)15-11-14(18)16-17(15)21(4)13-7-6-12(10-13)20(16,21)3;1-2/h12-17H,5-11H2,1-4H3;1-2H3. The number of rotatable bonds is 0. The summed E-state index contributed by atoms with van der Waals surface area (Å²) in [5, 5.41) is 0. The smallest absolute Gasteiger partial charge is 0.0204 e. The third-order valence-corrected chi connectivity index (χ3v) is 11.8. The molecular formula is C23H38. The van der Waals surface area contributed by atoms with Gasteiger partial charge in [0.2, 0.25) is 0 Å². The second-order valence-corrected chi connectivity index (χ2v) is 11.0.